The summed E-state index contributed by atoms with van der Waals surface area (Å²) in [4.78, 5) is 14.8. The van der Waals surface area contributed by atoms with Crippen molar-refractivity contribution in [3.63, 3.8) is 0 Å². The molecule has 0 saturated carbocycles. The lowest BCUT2D eigenvalue weighted by atomic mass is 9.89. The molecule has 14 heteroatoms. The Kier molecular flexibility index (Phi) is 7.96. The smallest absolute Gasteiger partial charge is 0.394 e. The van der Waals surface area contributed by atoms with E-state index in [4.69, 9.17) is 45.1 Å². The summed E-state index contributed by atoms with van der Waals surface area (Å²) < 4.78 is 51.5. The van der Waals surface area contributed by atoms with Crippen LogP contribution in [0.1, 0.15) is 17.9 Å². The third-order valence-electron chi connectivity index (χ3n) is 5.65. The predicted octanol–water partition coefficient (Wildman–Crippen LogP) is 3.44. The molecule has 2 aromatic carbocycles. The first-order valence-corrected chi connectivity index (χ1v) is 12.1. The van der Waals surface area contributed by atoms with Crippen LogP contribution >= 0.6 is 23.2 Å². The molecule has 2 atom stereocenters. The maximum atomic E-state index is 14.0. The Hall–Kier alpha value is -2.45. The summed E-state index contributed by atoms with van der Waals surface area (Å²) in [7, 11) is -2.82. The van der Waals surface area contributed by atoms with E-state index in [-0.39, 0.29) is 56.7 Å². The molecule has 1 saturated heterocycles. The predicted molar refractivity (Wildman–Crippen MR) is 126 cm³/mol. The van der Waals surface area contributed by atoms with Gasteiger partial charge in [-0.2, -0.15) is 8.42 Å². The van der Waals surface area contributed by atoms with Crippen molar-refractivity contribution >= 4 is 44.6 Å². The molecule has 0 spiro atoms. The lowest BCUT2D eigenvalue weighted by Crippen LogP contribution is -2.32. The summed E-state index contributed by atoms with van der Waals surface area (Å²) in [6.45, 7) is 0.497. The molecule has 1 aromatic heterocycles. The SMILES string of the molecule is CN1CCC(c2c(O)cc(O)c3c(=O)cc(-c4cc(F)c(Cl)cc4Cl)oc23)C1CO.O=S(=O)(O)O. The van der Waals surface area contributed by atoms with Gasteiger partial charge in [-0.15, -0.1) is 0 Å². The number of aliphatic hydroxyl groups excluding tert-OH is 1. The molecule has 1 aliphatic heterocycles. The number of hydrogen-bond acceptors (Lipinski definition) is 8. The number of hydrogen-bond donors (Lipinski definition) is 5. The zero-order valence-corrected chi connectivity index (χ0v) is 20.3. The summed E-state index contributed by atoms with van der Waals surface area (Å²) in [6.07, 6.45) is 0.597. The molecular formula is C21H20Cl2FNO9S. The van der Waals surface area contributed by atoms with Gasteiger partial charge in [-0.05, 0) is 32.1 Å². The van der Waals surface area contributed by atoms with Gasteiger partial charge < -0.3 is 24.6 Å². The van der Waals surface area contributed by atoms with Crippen molar-refractivity contribution in [1.82, 2.24) is 4.90 Å². The fraction of sp³-hybridized carbons (Fsp3) is 0.286. The van der Waals surface area contributed by atoms with Gasteiger partial charge in [0, 0.05) is 35.2 Å². The summed E-state index contributed by atoms with van der Waals surface area (Å²) in [5.74, 6) is -1.82. The van der Waals surface area contributed by atoms with Crippen LogP contribution in [0, 0.1) is 5.82 Å². The number of rotatable bonds is 3. The van der Waals surface area contributed by atoms with Crippen molar-refractivity contribution < 1.29 is 41.7 Å². The number of phenols is 2. The van der Waals surface area contributed by atoms with E-state index < -0.39 is 27.4 Å². The maximum Gasteiger partial charge on any atom is 0.394 e. The first-order valence-electron chi connectivity index (χ1n) is 9.91. The average molecular weight is 552 g/mol. The first-order chi connectivity index (χ1) is 16.2. The number of aliphatic hydroxyl groups is 1. The number of fused-ring (bicyclic) bond motifs is 1. The van der Waals surface area contributed by atoms with Crippen LogP contribution in [0.5, 0.6) is 11.5 Å². The normalized spacial score (nSPS) is 18.5. The van der Waals surface area contributed by atoms with Gasteiger partial charge in [-0.3, -0.25) is 13.9 Å². The van der Waals surface area contributed by atoms with Crippen molar-refractivity contribution in [2.24, 2.45) is 0 Å². The Labute approximate surface area is 208 Å². The minimum Gasteiger partial charge on any atom is -0.507 e. The fourth-order valence-corrected chi connectivity index (χ4v) is 4.61. The maximum absolute atomic E-state index is 14.0. The van der Waals surface area contributed by atoms with Crippen LogP contribution in [0.15, 0.2) is 33.5 Å². The zero-order chi connectivity index (χ0) is 26.2. The van der Waals surface area contributed by atoms with E-state index in [0.29, 0.717) is 18.5 Å². The first kappa shape index (κ1) is 27.1. The molecule has 190 valence electrons. The lowest BCUT2D eigenvalue weighted by Gasteiger charge is -2.24. The molecule has 0 bridgehead atoms. The highest BCUT2D eigenvalue weighted by atomic mass is 35.5. The Balaban J connectivity index is 0.000000623. The zero-order valence-electron chi connectivity index (χ0n) is 17.9. The second kappa shape index (κ2) is 10.3. The Morgan fingerprint density at radius 2 is 1.74 bits per heavy atom. The molecule has 2 unspecified atom stereocenters. The van der Waals surface area contributed by atoms with Crippen LogP contribution in [0.3, 0.4) is 0 Å². The van der Waals surface area contributed by atoms with E-state index in [9.17, 15) is 24.5 Å². The highest BCUT2D eigenvalue weighted by Crippen LogP contribution is 2.44. The van der Waals surface area contributed by atoms with Crippen LogP contribution in [-0.4, -0.2) is 64.0 Å². The fourth-order valence-electron chi connectivity index (χ4n) is 4.14. The summed E-state index contributed by atoms with van der Waals surface area (Å²) in [6, 6.07) is 4.13. The van der Waals surface area contributed by atoms with Crippen LogP contribution in [0.4, 0.5) is 4.39 Å². The number of likely N-dealkylation sites (tertiary alicyclic amines) is 1. The molecule has 10 nitrogen and oxygen atoms in total. The Bertz CT molecular complexity index is 1440. The van der Waals surface area contributed by atoms with Gasteiger partial charge in [0.1, 0.15) is 34.0 Å². The molecule has 1 aliphatic rings. The average Bonchev–Trinajstić information content (AvgIpc) is 3.08. The molecule has 0 amide bonds. The van der Waals surface area contributed by atoms with E-state index in [0.717, 1.165) is 18.2 Å². The van der Waals surface area contributed by atoms with Crippen molar-refractivity contribution in [2.75, 3.05) is 20.2 Å². The molecule has 2 heterocycles. The van der Waals surface area contributed by atoms with Crippen molar-refractivity contribution in [1.29, 1.82) is 0 Å². The number of phenolic OH excluding ortho intramolecular Hbond substituents is 2. The van der Waals surface area contributed by atoms with E-state index in [1.54, 1.807) is 0 Å². The summed E-state index contributed by atoms with van der Waals surface area (Å²) in [5, 5.41) is 30.5. The lowest BCUT2D eigenvalue weighted by molar-refractivity contribution is 0.172. The van der Waals surface area contributed by atoms with Gasteiger partial charge >= 0.3 is 10.4 Å². The van der Waals surface area contributed by atoms with E-state index in [2.05, 4.69) is 0 Å². The molecular weight excluding hydrogens is 532 g/mol. The molecule has 5 N–H and O–H groups in total. The number of likely N-dealkylation sites (N-methyl/N-ethyl adjacent to an activating group) is 1. The Morgan fingerprint density at radius 1 is 1.11 bits per heavy atom. The summed E-state index contributed by atoms with van der Waals surface area (Å²) in [5.41, 5.74) is -0.201. The van der Waals surface area contributed by atoms with Crippen LogP contribution < -0.4 is 5.43 Å². The summed E-state index contributed by atoms with van der Waals surface area (Å²) >= 11 is 11.9. The highest BCUT2D eigenvalue weighted by molar-refractivity contribution is 7.79. The molecule has 0 aliphatic carbocycles. The second-order valence-electron chi connectivity index (χ2n) is 7.83. The minimum absolute atomic E-state index is 0.0276. The van der Waals surface area contributed by atoms with Gasteiger partial charge in [0.05, 0.1) is 16.7 Å². The quantitative estimate of drug-likeness (QED) is 0.240. The molecule has 1 fully saturated rings. The van der Waals surface area contributed by atoms with Crippen LogP contribution in [0.25, 0.3) is 22.3 Å². The molecule has 3 aromatic rings. The number of halogens is 3. The second-order valence-corrected chi connectivity index (χ2v) is 9.54. The van der Waals surface area contributed by atoms with Gasteiger partial charge in [-0.25, -0.2) is 4.39 Å². The number of aromatic hydroxyl groups is 2. The van der Waals surface area contributed by atoms with Gasteiger partial charge in [0.2, 0.25) is 0 Å². The largest absolute Gasteiger partial charge is 0.507 e. The molecule has 0 radical (unpaired) electrons. The van der Waals surface area contributed by atoms with Crippen molar-refractivity contribution in [3.05, 3.63) is 55.9 Å². The third kappa shape index (κ3) is 5.86. The van der Waals surface area contributed by atoms with E-state index in [1.807, 2.05) is 11.9 Å². The van der Waals surface area contributed by atoms with Gasteiger partial charge in [0.25, 0.3) is 0 Å². The van der Waals surface area contributed by atoms with E-state index >= 15 is 0 Å². The van der Waals surface area contributed by atoms with Crippen LogP contribution in [-0.2, 0) is 10.4 Å². The van der Waals surface area contributed by atoms with Crippen molar-refractivity contribution in [3.8, 4) is 22.8 Å². The number of benzene rings is 2. The highest BCUT2D eigenvalue weighted by Gasteiger charge is 2.36. The van der Waals surface area contributed by atoms with Crippen molar-refractivity contribution in [2.45, 2.75) is 18.4 Å². The monoisotopic (exact) mass is 551 g/mol. The van der Waals surface area contributed by atoms with Gasteiger partial charge in [0.15, 0.2) is 5.43 Å². The topological polar surface area (TPSA) is 169 Å². The molecule has 35 heavy (non-hydrogen) atoms. The minimum atomic E-state index is -4.67. The van der Waals surface area contributed by atoms with Gasteiger partial charge in [-0.1, -0.05) is 23.2 Å². The standard InChI is InChI=1S/C21H18Cl2FNO5.H2O4S/c1-25-3-2-9(14(25)8-26)19-15(27)6-16(28)20-17(29)7-18(30-21(19)20)10-4-13(24)12(23)5-11(10)22;1-5(2,3)4/h4-7,9,14,26-28H,2-3,8H2,1H3;(H2,1,2,3,4). The number of nitrogens with zero attached hydrogens (tertiary/aromatic N) is 1. The van der Waals surface area contributed by atoms with E-state index in [1.165, 1.54) is 6.07 Å². The Morgan fingerprint density at radius 3 is 2.34 bits per heavy atom. The van der Waals surface area contributed by atoms with Crippen LogP contribution in [0.2, 0.25) is 10.0 Å². The third-order valence-corrected chi connectivity index (χ3v) is 6.26. The molecule has 4 rings (SSSR count).